The molecular weight excluding hydrogens is 641 g/mol. The Morgan fingerprint density at radius 1 is 0.509 bits per heavy atom. The molecule has 0 N–H and O–H groups in total. The van der Waals surface area contributed by atoms with Crippen molar-refractivity contribution in [1.82, 2.24) is 4.57 Å². The highest BCUT2D eigenvalue weighted by Crippen LogP contribution is 2.54. The van der Waals surface area contributed by atoms with E-state index in [9.17, 15) is 0 Å². The first-order valence-electron chi connectivity index (χ1n) is 18.7. The van der Waals surface area contributed by atoms with Crippen LogP contribution in [0.3, 0.4) is 0 Å². The summed E-state index contributed by atoms with van der Waals surface area (Å²) in [4.78, 5) is 2.43. The molecule has 0 saturated carbocycles. The molecule has 0 fully saturated rings. The van der Waals surface area contributed by atoms with Crippen molar-refractivity contribution in [3.63, 3.8) is 0 Å². The smallest absolute Gasteiger partial charge is 0.0541 e. The number of nitrogens with zero attached hydrogens (tertiary/aromatic N) is 2. The van der Waals surface area contributed by atoms with Crippen LogP contribution < -0.4 is 4.90 Å². The number of anilines is 2. The van der Waals surface area contributed by atoms with E-state index in [0.717, 1.165) is 11.4 Å². The summed E-state index contributed by atoms with van der Waals surface area (Å²) in [7, 11) is 0. The minimum absolute atomic E-state index is 0.0340. The maximum Gasteiger partial charge on any atom is 0.0541 e. The highest BCUT2D eigenvalue weighted by atomic mass is 15.1. The summed E-state index contributed by atoms with van der Waals surface area (Å²) >= 11 is 0. The van der Waals surface area contributed by atoms with E-state index < -0.39 is 0 Å². The number of fused-ring (bicyclic) bond motifs is 6. The standard InChI is InChI=1S/C51H40N2/c1-51(2)47-19-11-9-17-43(47)44-31-30-42(34-48(44)51)52(40-26-21-36(22-27-40)35-13-5-3-6-14-35)41-28-23-37(24-29-41)38-25-32-50-46(33-38)45-18-10-12-20-49(45)53(50)39-15-7-4-8-16-39/h3-34,44,48H,1-2H3. The Morgan fingerprint density at radius 2 is 1.08 bits per heavy atom. The van der Waals surface area contributed by atoms with Crippen molar-refractivity contribution < 1.29 is 0 Å². The molecule has 2 aliphatic carbocycles. The average Bonchev–Trinajstić information content (AvgIpc) is 3.67. The molecule has 2 nitrogen and oxygen atoms in total. The van der Waals surface area contributed by atoms with Crippen molar-refractivity contribution in [2.45, 2.75) is 25.2 Å². The molecule has 2 heteroatoms. The third-order valence-electron chi connectivity index (χ3n) is 11.7. The Balaban J connectivity index is 1.05. The highest BCUT2D eigenvalue weighted by molar-refractivity contribution is 6.10. The van der Waals surface area contributed by atoms with Gasteiger partial charge in [-0.2, -0.15) is 0 Å². The van der Waals surface area contributed by atoms with Gasteiger partial charge < -0.3 is 9.47 Å². The van der Waals surface area contributed by atoms with Gasteiger partial charge in [-0.05, 0) is 105 Å². The van der Waals surface area contributed by atoms with Crippen LogP contribution in [0.25, 0.3) is 49.7 Å². The second-order valence-electron chi connectivity index (χ2n) is 15.0. The summed E-state index contributed by atoms with van der Waals surface area (Å²) in [5.74, 6) is 0.757. The topological polar surface area (TPSA) is 8.17 Å². The maximum atomic E-state index is 2.53. The largest absolute Gasteiger partial charge is 0.311 e. The van der Waals surface area contributed by atoms with E-state index in [2.05, 4.69) is 217 Å². The van der Waals surface area contributed by atoms with Gasteiger partial charge in [0.1, 0.15) is 0 Å². The lowest BCUT2D eigenvalue weighted by atomic mass is 9.74. The Hall–Kier alpha value is -6.38. The molecular formula is C51H40N2. The van der Waals surface area contributed by atoms with Crippen LogP contribution in [-0.2, 0) is 5.41 Å². The number of rotatable bonds is 6. The molecule has 0 saturated heterocycles. The van der Waals surface area contributed by atoms with Gasteiger partial charge in [0.25, 0.3) is 0 Å². The van der Waals surface area contributed by atoms with Gasteiger partial charge in [0.15, 0.2) is 0 Å². The Morgan fingerprint density at radius 3 is 1.81 bits per heavy atom. The van der Waals surface area contributed by atoms with Crippen LogP contribution >= 0.6 is 0 Å². The fraction of sp³-hybridized carbons (Fsp3) is 0.0980. The van der Waals surface area contributed by atoms with Crippen molar-refractivity contribution >= 4 is 33.2 Å². The Kier molecular flexibility index (Phi) is 7.33. The van der Waals surface area contributed by atoms with Crippen LogP contribution in [-0.4, -0.2) is 4.57 Å². The van der Waals surface area contributed by atoms with E-state index in [1.165, 1.54) is 66.6 Å². The number of para-hydroxylation sites is 2. The van der Waals surface area contributed by atoms with Crippen LogP contribution in [0.2, 0.25) is 0 Å². The summed E-state index contributed by atoms with van der Waals surface area (Å²) in [5.41, 5.74) is 14.9. The summed E-state index contributed by atoms with van der Waals surface area (Å²) in [6.07, 6.45) is 7.31. The highest BCUT2D eigenvalue weighted by Gasteiger charge is 2.45. The molecule has 2 aliphatic rings. The van der Waals surface area contributed by atoms with Crippen LogP contribution in [0.1, 0.15) is 30.9 Å². The molecule has 7 aromatic carbocycles. The van der Waals surface area contributed by atoms with Gasteiger partial charge in [0, 0.05) is 39.4 Å². The van der Waals surface area contributed by atoms with Gasteiger partial charge in [0.05, 0.1) is 11.0 Å². The van der Waals surface area contributed by atoms with E-state index in [1.54, 1.807) is 0 Å². The van der Waals surface area contributed by atoms with Crippen molar-refractivity contribution in [2.75, 3.05) is 4.90 Å². The van der Waals surface area contributed by atoms with Crippen molar-refractivity contribution in [3.05, 3.63) is 211 Å². The molecule has 0 bridgehead atoms. The molecule has 2 unspecified atom stereocenters. The predicted molar refractivity (Wildman–Crippen MR) is 223 cm³/mol. The first-order chi connectivity index (χ1) is 26.0. The Labute approximate surface area is 311 Å². The summed E-state index contributed by atoms with van der Waals surface area (Å²) < 4.78 is 2.37. The van der Waals surface area contributed by atoms with Crippen LogP contribution in [0, 0.1) is 5.92 Å². The van der Waals surface area contributed by atoms with Gasteiger partial charge in [-0.15, -0.1) is 0 Å². The molecule has 2 atom stereocenters. The van der Waals surface area contributed by atoms with E-state index >= 15 is 0 Å². The number of aromatic nitrogens is 1. The van der Waals surface area contributed by atoms with E-state index in [4.69, 9.17) is 0 Å². The predicted octanol–water partition coefficient (Wildman–Crippen LogP) is 13.4. The van der Waals surface area contributed by atoms with Crippen molar-refractivity contribution in [2.24, 2.45) is 5.92 Å². The molecule has 1 heterocycles. The van der Waals surface area contributed by atoms with Gasteiger partial charge >= 0.3 is 0 Å². The lowest BCUT2D eigenvalue weighted by Gasteiger charge is -2.34. The van der Waals surface area contributed by atoms with Crippen LogP contribution in [0.4, 0.5) is 11.4 Å². The van der Waals surface area contributed by atoms with E-state index in [-0.39, 0.29) is 5.41 Å². The molecule has 1 aromatic heterocycles. The quantitative estimate of drug-likeness (QED) is 0.170. The minimum Gasteiger partial charge on any atom is -0.311 e. The van der Waals surface area contributed by atoms with E-state index in [0.29, 0.717) is 11.8 Å². The third kappa shape index (κ3) is 5.17. The zero-order valence-corrected chi connectivity index (χ0v) is 30.0. The van der Waals surface area contributed by atoms with Gasteiger partial charge in [-0.25, -0.2) is 0 Å². The summed E-state index contributed by atoms with van der Waals surface area (Å²) in [6.45, 7) is 4.82. The SMILES string of the molecule is CC1(C)c2ccccc2C2C=CC(N(c3ccc(-c4ccccc4)cc3)c3ccc(-c4ccc5c(c4)c4ccccc4n5-c4ccccc4)cc3)=CC21. The number of hydrogen-bond donors (Lipinski definition) is 0. The normalized spacial score (nSPS) is 17.1. The first-order valence-corrected chi connectivity index (χ1v) is 18.7. The maximum absolute atomic E-state index is 2.53. The number of hydrogen-bond acceptors (Lipinski definition) is 1. The fourth-order valence-corrected chi connectivity index (χ4v) is 9.01. The summed E-state index contributed by atoms with van der Waals surface area (Å²) in [5, 5.41) is 2.53. The fourth-order valence-electron chi connectivity index (χ4n) is 9.01. The van der Waals surface area contributed by atoms with Crippen LogP contribution in [0.5, 0.6) is 0 Å². The first kappa shape index (κ1) is 31.4. The van der Waals surface area contributed by atoms with Gasteiger partial charge in [0.2, 0.25) is 0 Å². The monoisotopic (exact) mass is 680 g/mol. The molecule has 10 rings (SSSR count). The molecule has 0 amide bonds. The number of benzene rings is 7. The second-order valence-corrected chi connectivity index (χ2v) is 15.0. The average molecular weight is 681 g/mol. The third-order valence-corrected chi connectivity index (χ3v) is 11.7. The van der Waals surface area contributed by atoms with Crippen molar-refractivity contribution in [1.29, 1.82) is 0 Å². The summed E-state index contributed by atoms with van der Waals surface area (Å²) in [6, 6.07) is 64.1. The molecule has 53 heavy (non-hydrogen) atoms. The minimum atomic E-state index is 0.0340. The molecule has 0 radical (unpaired) electrons. The molecule has 254 valence electrons. The molecule has 0 spiro atoms. The Bertz CT molecular complexity index is 2680. The lowest BCUT2D eigenvalue weighted by molar-refractivity contribution is 0.392. The molecule has 8 aromatic rings. The zero-order chi connectivity index (χ0) is 35.5. The van der Waals surface area contributed by atoms with E-state index in [1.807, 2.05) is 0 Å². The second kappa shape index (κ2) is 12.4. The van der Waals surface area contributed by atoms with Crippen molar-refractivity contribution in [3.8, 4) is 27.9 Å². The molecule has 0 aliphatic heterocycles. The number of allylic oxidation sites excluding steroid dienone is 3. The van der Waals surface area contributed by atoms with Crippen LogP contribution in [0.15, 0.2) is 200 Å². The zero-order valence-electron chi connectivity index (χ0n) is 30.0. The lowest BCUT2D eigenvalue weighted by Crippen LogP contribution is -2.28. The van der Waals surface area contributed by atoms with Gasteiger partial charge in [-0.3, -0.25) is 0 Å². The van der Waals surface area contributed by atoms with Gasteiger partial charge in [-0.1, -0.05) is 147 Å².